The first kappa shape index (κ1) is 18.1. The van der Waals surface area contributed by atoms with Crippen molar-refractivity contribution in [3.8, 4) is 5.75 Å². The number of carbonyl (C=O) groups is 1. The SMILES string of the molecule is COc1ccccc1CN(Cc1cccs1)C(=O)c1ccc(F)c(F)c1. The number of carbonyl (C=O) groups excluding carboxylic acids is 1. The number of hydrogen-bond acceptors (Lipinski definition) is 3. The highest BCUT2D eigenvalue weighted by Crippen LogP contribution is 2.23. The first-order chi connectivity index (χ1) is 12.6. The van der Waals surface area contributed by atoms with Gasteiger partial charge in [0.2, 0.25) is 0 Å². The van der Waals surface area contributed by atoms with Crippen molar-refractivity contribution < 1.29 is 18.3 Å². The predicted octanol–water partition coefficient (Wildman–Crippen LogP) is 4.88. The van der Waals surface area contributed by atoms with Gasteiger partial charge in [-0.25, -0.2) is 8.78 Å². The van der Waals surface area contributed by atoms with Crippen molar-refractivity contribution in [1.82, 2.24) is 4.90 Å². The number of methoxy groups -OCH3 is 1. The van der Waals surface area contributed by atoms with Crippen molar-refractivity contribution in [3.63, 3.8) is 0 Å². The third-order valence-electron chi connectivity index (χ3n) is 3.93. The fourth-order valence-corrected chi connectivity index (χ4v) is 3.36. The topological polar surface area (TPSA) is 29.5 Å². The van der Waals surface area contributed by atoms with E-state index in [1.54, 1.807) is 12.0 Å². The molecule has 0 aliphatic heterocycles. The van der Waals surface area contributed by atoms with Crippen molar-refractivity contribution in [1.29, 1.82) is 0 Å². The summed E-state index contributed by atoms with van der Waals surface area (Å²) in [7, 11) is 1.57. The van der Waals surface area contributed by atoms with Crippen molar-refractivity contribution in [2.24, 2.45) is 0 Å². The average Bonchev–Trinajstić information content (AvgIpc) is 3.16. The third-order valence-corrected chi connectivity index (χ3v) is 4.80. The van der Waals surface area contributed by atoms with E-state index in [0.717, 1.165) is 22.6 Å². The molecule has 0 aliphatic rings. The molecule has 0 unspecified atom stereocenters. The molecule has 3 rings (SSSR count). The molecule has 0 bridgehead atoms. The van der Waals surface area contributed by atoms with Gasteiger partial charge in [-0.05, 0) is 35.7 Å². The van der Waals surface area contributed by atoms with Crippen LogP contribution in [0.1, 0.15) is 20.8 Å². The number of thiophene rings is 1. The molecule has 0 saturated carbocycles. The van der Waals surface area contributed by atoms with Crippen LogP contribution in [0.15, 0.2) is 60.0 Å². The first-order valence-electron chi connectivity index (χ1n) is 7.97. The van der Waals surface area contributed by atoms with Gasteiger partial charge in [0.25, 0.3) is 5.91 Å². The molecule has 1 aromatic heterocycles. The van der Waals surface area contributed by atoms with E-state index in [1.165, 1.54) is 17.4 Å². The molecule has 6 heteroatoms. The molecule has 26 heavy (non-hydrogen) atoms. The van der Waals surface area contributed by atoms with Gasteiger partial charge in [-0.3, -0.25) is 4.79 Å². The van der Waals surface area contributed by atoms with Gasteiger partial charge in [-0.2, -0.15) is 0 Å². The molecule has 0 saturated heterocycles. The molecule has 0 radical (unpaired) electrons. The van der Waals surface area contributed by atoms with Gasteiger partial charge < -0.3 is 9.64 Å². The molecule has 1 heterocycles. The molecule has 1 amide bonds. The fourth-order valence-electron chi connectivity index (χ4n) is 2.64. The van der Waals surface area contributed by atoms with Gasteiger partial charge in [0, 0.05) is 16.0 Å². The Hall–Kier alpha value is -2.73. The number of para-hydroxylation sites is 1. The van der Waals surface area contributed by atoms with Crippen LogP contribution in [-0.2, 0) is 13.1 Å². The van der Waals surface area contributed by atoms with E-state index in [4.69, 9.17) is 4.74 Å². The molecule has 0 fully saturated rings. The van der Waals surface area contributed by atoms with Crippen molar-refractivity contribution in [2.75, 3.05) is 7.11 Å². The quantitative estimate of drug-likeness (QED) is 0.616. The second kappa shape index (κ2) is 8.10. The third kappa shape index (κ3) is 4.08. The number of halogens is 2. The van der Waals surface area contributed by atoms with Crippen LogP contribution >= 0.6 is 11.3 Å². The normalized spacial score (nSPS) is 10.6. The lowest BCUT2D eigenvalue weighted by Crippen LogP contribution is -2.30. The maximum atomic E-state index is 13.6. The van der Waals surface area contributed by atoms with Crippen molar-refractivity contribution in [2.45, 2.75) is 13.1 Å². The molecular formula is C20H17F2NO2S. The smallest absolute Gasteiger partial charge is 0.254 e. The standard InChI is InChI=1S/C20H17F2NO2S/c1-25-19-7-3-2-5-15(19)12-23(13-16-6-4-10-26-16)20(24)14-8-9-17(21)18(22)11-14/h2-11H,12-13H2,1H3. The second-order valence-corrected chi connectivity index (χ2v) is 6.71. The van der Waals surface area contributed by atoms with E-state index in [2.05, 4.69) is 0 Å². The van der Waals surface area contributed by atoms with Gasteiger partial charge >= 0.3 is 0 Å². The van der Waals surface area contributed by atoms with Gasteiger partial charge in [-0.15, -0.1) is 11.3 Å². The monoisotopic (exact) mass is 373 g/mol. The van der Waals surface area contributed by atoms with E-state index >= 15 is 0 Å². The zero-order valence-corrected chi connectivity index (χ0v) is 14.9. The summed E-state index contributed by atoms with van der Waals surface area (Å²) >= 11 is 1.53. The summed E-state index contributed by atoms with van der Waals surface area (Å²) in [6.07, 6.45) is 0. The fraction of sp³-hybridized carbons (Fsp3) is 0.150. The largest absolute Gasteiger partial charge is 0.496 e. The summed E-state index contributed by atoms with van der Waals surface area (Å²) in [6, 6.07) is 14.4. The van der Waals surface area contributed by atoms with E-state index in [0.29, 0.717) is 18.8 Å². The number of nitrogens with zero attached hydrogens (tertiary/aromatic N) is 1. The lowest BCUT2D eigenvalue weighted by molar-refractivity contribution is 0.0730. The molecule has 0 aliphatic carbocycles. The van der Waals surface area contributed by atoms with Gasteiger partial charge in [0.15, 0.2) is 11.6 Å². The summed E-state index contributed by atoms with van der Waals surface area (Å²) < 4.78 is 32.1. The van der Waals surface area contributed by atoms with Crippen LogP contribution in [0.5, 0.6) is 5.75 Å². The summed E-state index contributed by atoms with van der Waals surface area (Å²) in [5.41, 5.74) is 0.942. The van der Waals surface area contributed by atoms with E-state index in [-0.39, 0.29) is 11.5 Å². The van der Waals surface area contributed by atoms with Crippen LogP contribution in [0.4, 0.5) is 8.78 Å². The highest BCUT2D eigenvalue weighted by atomic mass is 32.1. The Morgan fingerprint density at radius 1 is 1.04 bits per heavy atom. The number of hydrogen-bond donors (Lipinski definition) is 0. The van der Waals surface area contributed by atoms with Crippen LogP contribution < -0.4 is 4.74 Å². The van der Waals surface area contributed by atoms with Crippen LogP contribution in [0.25, 0.3) is 0 Å². The summed E-state index contributed by atoms with van der Waals surface area (Å²) in [5.74, 6) is -1.72. The molecule has 0 spiro atoms. The second-order valence-electron chi connectivity index (χ2n) is 5.68. The molecule has 3 nitrogen and oxygen atoms in total. The van der Waals surface area contributed by atoms with Crippen LogP contribution in [0.2, 0.25) is 0 Å². The molecule has 0 N–H and O–H groups in total. The summed E-state index contributed by atoms with van der Waals surface area (Å²) in [6.45, 7) is 0.660. The Morgan fingerprint density at radius 3 is 2.54 bits per heavy atom. The lowest BCUT2D eigenvalue weighted by atomic mass is 10.1. The lowest BCUT2D eigenvalue weighted by Gasteiger charge is -2.23. The van der Waals surface area contributed by atoms with Crippen LogP contribution in [-0.4, -0.2) is 17.9 Å². The first-order valence-corrected chi connectivity index (χ1v) is 8.85. The minimum atomic E-state index is -1.04. The molecule has 0 atom stereocenters. The Bertz CT molecular complexity index is 897. The Labute approximate surface area is 154 Å². The average molecular weight is 373 g/mol. The highest BCUT2D eigenvalue weighted by molar-refractivity contribution is 7.09. The maximum absolute atomic E-state index is 13.6. The van der Waals surface area contributed by atoms with E-state index in [1.807, 2.05) is 41.8 Å². The molecule has 2 aromatic carbocycles. The zero-order chi connectivity index (χ0) is 18.5. The Morgan fingerprint density at radius 2 is 1.85 bits per heavy atom. The highest BCUT2D eigenvalue weighted by Gasteiger charge is 2.20. The molecule has 3 aromatic rings. The molecular weight excluding hydrogens is 356 g/mol. The van der Waals surface area contributed by atoms with Gasteiger partial charge in [0.05, 0.1) is 20.2 Å². The number of ether oxygens (including phenoxy) is 1. The van der Waals surface area contributed by atoms with Crippen molar-refractivity contribution >= 4 is 17.2 Å². The predicted molar refractivity (Wildman–Crippen MR) is 97.2 cm³/mol. The van der Waals surface area contributed by atoms with Crippen LogP contribution in [0.3, 0.4) is 0 Å². The van der Waals surface area contributed by atoms with Crippen molar-refractivity contribution in [3.05, 3.63) is 87.6 Å². The van der Waals surface area contributed by atoms with Gasteiger partial charge in [-0.1, -0.05) is 24.3 Å². The molecule has 134 valence electrons. The minimum absolute atomic E-state index is 0.107. The number of benzene rings is 2. The summed E-state index contributed by atoms with van der Waals surface area (Å²) in [5, 5.41) is 1.93. The minimum Gasteiger partial charge on any atom is -0.496 e. The Balaban J connectivity index is 1.91. The van der Waals surface area contributed by atoms with Crippen LogP contribution in [0, 0.1) is 11.6 Å². The number of rotatable bonds is 6. The Kier molecular flexibility index (Phi) is 5.63. The summed E-state index contributed by atoms with van der Waals surface area (Å²) in [4.78, 5) is 15.5. The van der Waals surface area contributed by atoms with E-state index in [9.17, 15) is 13.6 Å². The number of amides is 1. The van der Waals surface area contributed by atoms with E-state index < -0.39 is 11.6 Å². The zero-order valence-electron chi connectivity index (χ0n) is 14.1. The van der Waals surface area contributed by atoms with Gasteiger partial charge in [0.1, 0.15) is 5.75 Å². The maximum Gasteiger partial charge on any atom is 0.254 e.